The summed E-state index contributed by atoms with van der Waals surface area (Å²) in [5.74, 6) is 0. The molecule has 10 heteroatoms. The first-order valence-electron chi connectivity index (χ1n) is 5.78. The molecule has 3 rings (SSSR count). The molecule has 0 amide bonds. The van der Waals surface area contributed by atoms with Crippen molar-refractivity contribution in [2.45, 2.75) is 24.5 Å². The molecule has 4 atom stereocenters. The molecule has 5 N–H and O–H groups in total. The van der Waals surface area contributed by atoms with Crippen LogP contribution in [0.1, 0.15) is 6.23 Å². The molecule has 108 valence electrons. The Morgan fingerprint density at radius 1 is 1.40 bits per heavy atom. The predicted molar refractivity (Wildman–Crippen MR) is 63.5 cm³/mol. The van der Waals surface area contributed by atoms with Gasteiger partial charge in [0.25, 0.3) is 6.01 Å². The molecule has 2 aromatic rings. The second-order valence-corrected chi connectivity index (χ2v) is 4.39. The van der Waals surface area contributed by atoms with Gasteiger partial charge in [-0.25, -0.2) is 9.78 Å². The second-order valence-electron chi connectivity index (χ2n) is 4.39. The van der Waals surface area contributed by atoms with Gasteiger partial charge in [0.2, 0.25) is 0 Å². The molecular weight excluding hydrogens is 272 g/mol. The molecular formula is C10H12N4O6. The molecule has 0 spiro atoms. The molecule has 1 fully saturated rings. The van der Waals surface area contributed by atoms with Gasteiger partial charge in [0.05, 0.1) is 12.9 Å². The Morgan fingerprint density at radius 3 is 2.80 bits per heavy atom. The summed E-state index contributed by atoms with van der Waals surface area (Å²) >= 11 is 0. The lowest BCUT2D eigenvalue weighted by atomic mass is 10.1. The maximum atomic E-state index is 11.5. The van der Waals surface area contributed by atoms with Gasteiger partial charge in [-0.05, 0) is 0 Å². The van der Waals surface area contributed by atoms with Crippen LogP contribution in [0.15, 0.2) is 15.5 Å². The number of hydrogen-bond donors (Lipinski definition) is 4. The third-order valence-electron chi connectivity index (χ3n) is 3.17. The van der Waals surface area contributed by atoms with Gasteiger partial charge in [-0.1, -0.05) is 0 Å². The number of fused-ring (bicyclic) bond motifs is 1. The number of rotatable bonds is 2. The van der Waals surface area contributed by atoms with Gasteiger partial charge in [0, 0.05) is 0 Å². The Labute approximate surface area is 111 Å². The van der Waals surface area contributed by atoms with Crippen LogP contribution >= 0.6 is 0 Å². The third-order valence-corrected chi connectivity index (χ3v) is 3.17. The van der Waals surface area contributed by atoms with Crippen molar-refractivity contribution in [2.24, 2.45) is 0 Å². The standard InChI is InChI=1S/C10H12N4O6/c11-10-13-7-4(9(18)20-10)12-2-14(7)8-6(17)5(16)3(1-15)19-8/h2-3,5-6,8,15-17H,1H2,(H2,11,13)/t3-,5-,6-,8-/m1/s1. The van der Waals surface area contributed by atoms with Crippen LogP contribution in [-0.4, -0.2) is 54.8 Å². The summed E-state index contributed by atoms with van der Waals surface area (Å²) in [7, 11) is 0. The van der Waals surface area contributed by atoms with Crippen molar-refractivity contribution in [1.29, 1.82) is 0 Å². The zero-order chi connectivity index (χ0) is 14.4. The predicted octanol–water partition coefficient (Wildman–Crippen LogP) is -2.42. The van der Waals surface area contributed by atoms with E-state index in [2.05, 4.69) is 14.4 Å². The molecule has 2 aromatic heterocycles. The van der Waals surface area contributed by atoms with E-state index in [0.29, 0.717) is 0 Å². The SMILES string of the molecule is Nc1nc2c(ncn2[C@@H]2O[C@H](CO)[C@@H](O)[C@H]2O)c(=O)o1. The van der Waals surface area contributed by atoms with Crippen molar-refractivity contribution in [1.82, 2.24) is 14.5 Å². The van der Waals surface area contributed by atoms with E-state index in [-0.39, 0.29) is 17.2 Å². The van der Waals surface area contributed by atoms with Crippen LogP contribution in [0.4, 0.5) is 6.01 Å². The molecule has 1 aliphatic heterocycles. The van der Waals surface area contributed by atoms with Crippen molar-refractivity contribution in [2.75, 3.05) is 12.3 Å². The molecule has 0 saturated carbocycles. The number of aliphatic hydroxyl groups is 3. The highest BCUT2D eigenvalue weighted by molar-refractivity contribution is 5.69. The van der Waals surface area contributed by atoms with Gasteiger partial charge in [-0.15, -0.1) is 0 Å². The molecule has 0 unspecified atom stereocenters. The number of aromatic nitrogens is 3. The van der Waals surface area contributed by atoms with E-state index < -0.39 is 36.8 Å². The number of hydrogen-bond acceptors (Lipinski definition) is 9. The third kappa shape index (κ3) is 1.78. The average Bonchev–Trinajstić information content (AvgIpc) is 2.93. The number of imidazole rings is 1. The molecule has 1 saturated heterocycles. The van der Waals surface area contributed by atoms with Crippen LogP contribution < -0.4 is 11.4 Å². The summed E-state index contributed by atoms with van der Waals surface area (Å²) in [6.45, 7) is -0.459. The number of nitrogen functional groups attached to an aromatic ring is 1. The number of nitrogens with two attached hydrogens (primary N) is 1. The highest BCUT2D eigenvalue weighted by Crippen LogP contribution is 2.30. The Kier molecular flexibility index (Phi) is 2.94. The fourth-order valence-corrected chi connectivity index (χ4v) is 2.18. The Bertz CT molecular complexity index is 697. The van der Waals surface area contributed by atoms with E-state index in [1.165, 1.54) is 10.9 Å². The van der Waals surface area contributed by atoms with E-state index >= 15 is 0 Å². The van der Waals surface area contributed by atoms with E-state index in [1.54, 1.807) is 0 Å². The first-order valence-corrected chi connectivity index (χ1v) is 5.78. The first-order chi connectivity index (χ1) is 9.52. The lowest BCUT2D eigenvalue weighted by Gasteiger charge is -2.16. The monoisotopic (exact) mass is 284 g/mol. The van der Waals surface area contributed by atoms with Gasteiger partial charge in [0.1, 0.15) is 18.3 Å². The fourth-order valence-electron chi connectivity index (χ4n) is 2.18. The zero-order valence-electron chi connectivity index (χ0n) is 10.1. The Hall–Kier alpha value is -2.01. The summed E-state index contributed by atoms with van der Waals surface area (Å²) in [5, 5.41) is 28.7. The maximum Gasteiger partial charge on any atom is 0.368 e. The van der Waals surface area contributed by atoms with Crippen LogP contribution in [0.25, 0.3) is 11.2 Å². The molecule has 20 heavy (non-hydrogen) atoms. The topological polar surface area (TPSA) is 157 Å². The van der Waals surface area contributed by atoms with Gasteiger partial charge in [0.15, 0.2) is 17.4 Å². The van der Waals surface area contributed by atoms with Gasteiger partial charge in [-0.3, -0.25) is 4.57 Å². The molecule has 0 bridgehead atoms. The molecule has 3 heterocycles. The molecule has 0 radical (unpaired) electrons. The van der Waals surface area contributed by atoms with E-state index in [4.69, 9.17) is 15.6 Å². The van der Waals surface area contributed by atoms with Crippen LogP contribution in [0, 0.1) is 0 Å². The fraction of sp³-hybridized carbons (Fsp3) is 0.500. The van der Waals surface area contributed by atoms with Crippen LogP contribution in [-0.2, 0) is 4.74 Å². The van der Waals surface area contributed by atoms with E-state index in [9.17, 15) is 15.0 Å². The van der Waals surface area contributed by atoms with E-state index in [1.807, 2.05) is 0 Å². The van der Waals surface area contributed by atoms with E-state index in [0.717, 1.165) is 0 Å². The highest BCUT2D eigenvalue weighted by atomic mass is 16.6. The summed E-state index contributed by atoms with van der Waals surface area (Å²) in [6, 6.07) is -0.351. The van der Waals surface area contributed by atoms with Crippen LogP contribution in [0.3, 0.4) is 0 Å². The maximum absolute atomic E-state index is 11.5. The van der Waals surface area contributed by atoms with Gasteiger partial charge < -0.3 is 30.2 Å². The number of nitrogens with zero attached hydrogens (tertiary/aromatic N) is 3. The van der Waals surface area contributed by atoms with Gasteiger partial charge >= 0.3 is 5.63 Å². The Morgan fingerprint density at radius 2 is 2.15 bits per heavy atom. The summed E-state index contributed by atoms with van der Waals surface area (Å²) in [6.07, 6.45) is -3.33. The zero-order valence-corrected chi connectivity index (χ0v) is 10.1. The largest absolute Gasteiger partial charge is 0.394 e. The highest BCUT2D eigenvalue weighted by Gasteiger charge is 2.44. The quantitative estimate of drug-likeness (QED) is 0.471. The molecule has 10 nitrogen and oxygen atoms in total. The number of ether oxygens (including phenoxy) is 1. The summed E-state index contributed by atoms with van der Waals surface area (Å²) in [4.78, 5) is 19.2. The average molecular weight is 284 g/mol. The number of anilines is 1. The van der Waals surface area contributed by atoms with Crippen LogP contribution in [0.5, 0.6) is 0 Å². The van der Waals surface area contributed by atoms with Crippen molar-refractivity contribution < 1.29 is 24.5 Å². The van der Waals surface area contributed by atoms with Crippen molar-refractivity contribution in [3.8, 4) is 0 Å². The lowest BCUT2D eigenvalue weighted by molar-refractivity contribution is -0.0511. The summed E-state index contributed by atoms with van der Waals surface area (Å²) < 4.78 is 11.2. The normalized spacial score (nSPS) is 30.1. The van der Waals surface area contributed by atoms with Crippen molar-refractivity contribution in [3.63, 3.8) is 0 Å². The first kappa shape index (κ1) is 13.0. The lowest BCUT2D eigenvalue weighted by Crippen LogP contribution is -2.33. The van der Waals surface area contributed by atoms with Gasteiger partial charge in [-0.2, -0.15) is 4.98 Å². The van der Waals surface area contributed by atoms with Crippen molar-refractivity contribution >= 4 is 17.2 Å². The molecule has 1 aliphatic rings. The van der Waals surface area contributed by atoms with Crippen LogP contribution in [0.2, 0.25) is 0 Å². The second kappa shape index (κ2) is 4.52. The minimum absolute atomic E-state index is 0.0635. The summed E-state index contributed by atoms with van der Waals surface area (Å²) in [5.41, 5.74) is 4.58. The number of aliphatic hydroxyl groups excluding tert-OH is 3. The Balaban J connectivity index is 2.09. The minimum Gasteiger partial charge on any atom is -0.394 e. The van der Waals surface area contributed by atoms with Crippen molar-refractivity contribution in [3.05, 3.63) is 16.7 Å². The smallest absolute Gasteiger partial charge is 0.368 e. The molecule has 0 aromatic carbocycles. The minimum atomic E-state index is -1.31. The molecule has 0 aliphatic carbocycles.